The van der Waals surface area contributed by atoms with Crippen molar-refractivity contribution in [3.05, 3.63) is 47.2 Å². The van der Waals surface area contributed by atoms with Gasteiger partial charge < -0.3 is 5.32 Å². The van der Waals surface area contributed by atoms with Crippen molar-refractivity contribution < 1.29 is 14.0 Å². The van der Waals surface area contributed by atoms with Gasteiger partial charge in [-0.25, -0.2) is 9.37 Å². The molecule has 0 saturated carbocycles. The van der Waals surface area contributed by atoms with Crippen molar-refractivity contribution in [1.29, 1.82) is 0 Å². The van der Waals surface area contributed by atoms with Crippen LogP contribution in [0, 0.1) is 11.7 Å². The summed E-state index contributed by atoms with van der Waals surface area (Å²) in [6, 6.07) is 6.12. The number of likely N-dealkylation sites (N-methyl/N-ethyl adjacent to an activating group) is 1. The number of carbonyl (C=O) groups excluding carboxylic acids is 2. The lowest BCUT2D eigenvalue weighted by atomic mass is 9.96. The van der Waals surface area contributed by atoms with E-state index >= 15 is 0 Å². The number of nitrogens with one attached hydrogen (secondary N) is 1. The summed E-state index contributed by atoms with van der Waals surface area (Å²) < 4.78 is 12.9. The molecule has 0 bridgehead atoms. The summed E-state index contributed by atoms with van der Waals surface area (Å²) in [4.78, 5) is 32.5. The van der Waals surface area contributed by atoms with Crippen molar-refractivity contribution in [2.75, 3.05) is 31.6 Å². The zero-order chi connectivity index (χ0) is 19.2. The Bertz CT molecular complexity index is 759. The maximum atomic E-state index is 12.9. The number of hydrogen-bond acceptors (Lipinski definition) is 5. The minimum Gasteiger partial charge on any atom is -0.352 e. The zero-order valence-corrected chi connectivity index (χ0v) is 16.0. The summed E-state index contributed by atoms with van der Waals surface area (Å²) in [5.41, 5.74) is 0.873. The summed E-state index contributed by atoms with van der Waals surface area (Å²) in [6.45, 7) is 2.16. The molecule has 0 unspecified atom stereocenters. The monoisotopic (exact) mass is 390 g/mol. The highest BCUT2D eigenvalue weighted by molar-refractivity contribution is 7.13. The number of halogens is 1. The lowest BCUT2D eigenvalue weighted by Crippen LogP contribution is -2.44. The molecule has 1 aromatic heterocycles. The van der Waals surface area contributed by atoms with Crippen LogP contribution >= 0.6 is 11.3 Å². The number of aromatic nitrogens is 1. The van der Waals surface area contributed by atoms with E-state index in [9.17, 15) is 14.0 Å². The SMILES string of the molecule is CN(C(=O)CN1CCC(C(=O)NCc2ccc(F)cc2)CC1)c1nccs1. The van der Waals surface area contributed by atoms with Crippen LogP contribution in [-0.4, -0.2) is 48.4 Å². The van der Waals surface area contributed by atoms with Crippen molar-refractivity contribution >= 4 is 28.3 Å². The normalized spacial score (nSPS) is 15.5. The standard InChI is InChI=1S/C19H23FN4O2S/c1-23(19-21-8-11-27-19)17(25)13-24-9-6-15(7-10-24)18(26)22-12-14-2-4-16(20)5-3-14/h2-5,8,11,15H,6-7,9-10,12-13H2,1H3,(H,22,26). The molecule has 2 amide bonds. The van der Waals surface area contributed by atoms with Gasteiger partial charge >= 0.3 is 0 Å². The maximum absolute atomic E-state index is 12.9. The number of thiazole rings is 1. The number of piperidine rings is 1. The third-order valence-corrected chi connectivity index (χ3v) is 5.63. The Morgan fingerprint density at radius 1 is 1.30 bits per heavy atom. The Hall–Kier alpha value is -2.32. The van der Waals surface area contributed by atoms with Crippen LogP contribution in [0.3, 0.4) is 0 Å². The topological polar surface area (TPSA) is 65.5 Å². The predicted molar refractivity (Wildman–Crippen MR) is 103 cm³/mol. The first kappa shape index (κ1) is 19.4. The van der Waals surface area contributed by atoms with E-state index in [1.807, 2.05) is 5.38 Å². The number of nitrogens with zero attached hydrogens (tertiary/aromatic N) is 3. The second-order valence-corrected chi connectivity index (χ2v) is 7.54. The van der Waals surface area contributed by atoms with Crippen LogP contribution in [0.25, 0.3) is 0 Å². The molecule has 8 heteroatoms. The molecule has 1 saturated heterocycles. The zero-order valence-electron chi connectivity index (χ0n) is 15.2. The van der Waals surface area contributed by atoms with Crippen molar-refractivity contribution in [2.45, 2.75) is 19.4 Å². The molecule has 2 aromatic rings. The lowest BCUT2D eigenvalue weighted by Gasteiger charge is -2.31. The summed E-state index contributed by atoms with van der Waals surface area (Å²) in [7, 11) is 1.73. The van der Waals surface area contributed by atoms with Gasteiger partial charge in [0.1, 0.15) is 5.82 Å². The first-order valence-corrected chi connectivity index (χ1v) is 9.81. The summed E-state index contributed by atoms with van der Waals surface area (Å²) in [6.07, 6.45) is 3.13. The van der Waals surface area contributed by atoms with Crippen LogP contribution in [0.5, 0.6) is 0 Å². The van der Waals surface area contributed by atoms with E-state index in [0.29, 0.717) is 31.3 Å². The van der Waals surface area contributed by atoms with Gasteiger partial charge in [0.2, 0.25) is 11.8 Å². The molecule has 0 atom stereocenters. The number of rotatable bonds is 6. The Kier molecular flexibility index (Phi) is 6.52. The highest BCUT2D eigenvalue weighted by atomic mass is 32.1. The molecule has 0 spiro atoms. The second-order valence-electron chi connectivity index (χ2n) is 6.66. The van der Waals surface area contributed by atoms with Crippen LogP contribution in [0.1, 0.15) is 18.4 Å². The van der Waals surface area contributed by atoms with Gasteiger partial charge in [0, 0.05) is 31.1 Å². The van der Waals surface area contributed by atoms with Crippen LogP contribution in [0.4, 0.5) is 9.52 Å². The fraction of sp³-hybridized carbons (Fsp3) is 0.421. The maximum Gasteiger partial charge on any atom is 0.242 e. The summed E-state index contributed by atoms with van der Waals surface area (Å²) in [5, 5.41) is 5.45. The van der Waals surface area contributed by atoms with Gasteiger partial charge in [-0.1, -0.05) is 12.1 Å². The van der Waals surface area contributed by atoms with Gasteiger partial charge in [-0.3, -0.25) is 19.4 Å². The van der Waals surface area contributed by atoms with Crippen molar-refractivity contribution in [3.63, 3.8) is 0 Å². The number of hydrogen-bond donors (Lipinski definition) is 1. The molecular weight excluding hydrogens is 367 g/mol. The van der Waals surface area contributed by atoms with Crippen LogP contribution in [-0.2, 0) is 16.1 Å². The minimum absolute atomic E-state index is 0.00385. The van der Waals surface area contributed by atoms with Gasteiger partial charge in [0.25, 0.3) is 0 Å². The third-order valence-electron chi connectivity index (χ3n) is 4.78. The first-order chi connectivity index (χ1) is 13.0. The van der Waals surface area contributed by atoms with Crippen molar-refractivity contribution in [3.8, 4) is 0 Å². The van der Waals surface area contributed by atoms with Gasteiger partial charge in [-0.2, -0.15) is 0 Å². The number of carbonyl (C=O) groups is 2. The van der Waals surface area contributed by atoms with E-state index in [1.54, 1.807) is 30.3 Å². The van der Waals surface area contributed by atoms with Crippen LogP contribution < -0.4 is 10.2 Å². The highest BCUT2D eigenvalue weighted by Crippen LogP contribution is 2.19. The number of anilines is 1. The molecule has 1 aliphatic heterocycles. The molecule has 1 aliphatic rings. The van der Waals surface area contributed by atoms with E-state index in [1.165, 1.54) is 23.5 Å². The molecule has 27 heavy (non-hydrogen) atoms. The Balaban J connectivity index is 1.41. The van der Waals surface area contributed by atoms with Crippen LogP contribution in [0.2, 0.25) is 0 Å². The molecule has 1 N–H and O–H groups in total. The van der Waals surface area contributed by atoms with E-state index in [2.05, 4.69) is 15.2 Å². The molecule has 1 fully saturated rings. The van der Waals surface area contributed by atoms with E-state index in [4.69, 9.17) is 0 Å². The molecule has 3 rings (SSSR count). The first-order valence-electron chi connectivity index (χ1n) is 8.93. The van der Waals surface area contributed by atoms with Crippen molar-refractivity contribution in [1.82, 2.24) is 15.2 Å². The highest BCUT2D eigenvalue weighted by Gasteiger charge is 2.26. The Morgan fingerprint density at radius 3 is 2.63 bits per heavy atom. The second kappa shape index (κ2) is 9.05. The molecule has 1 aromatic carbocycles. The lowest BCUT2D eigenvalue weighted by molar-refractivity contribution is -0.126. The fourth-order valence-corrected chi connectivity index (χ4v) is 3.70. The molecule has 0 radical (unpaired) electrons. The molecule has 2 heterocycles. The Morgan fingerprint density at radius 2 is 2.00 bits per heavy atom. The fourth-order valence-electron chi connectivity index (χ4n) is 3.07. The average molecular weight is 390 g/mol. The van der Waals surface area contributed by atoms with Gasteiger partial charge in [0.05, 0.1) is 6.54 Å². The van der Waals surface area contributed by atoms with Crippen LogP contribution in [0.15, 0.2) is 35.8 Å². The van der Waals surface area contributed by atoms with Crippen molar-refractivity contribution in [2.24, 2.45) is 5.92 Å². The largest absolute Gasteiger partial charge is 0.352 e. The molecular formula is C19H23FN4O2S. The predicted octanol–water partition coefficient (Wildman–Crippen LogP) is 2.27. The molecule has 144 valence electrons. The van der Waals surface area contributed by atoms with E-state index in [-0.39, 0.29) is 23.5 Å². The third kappa shape index (κ3) is 5.33. The van der Waals surface area contributed by atoms with Gasteiger partial charge in [-0.05, 0) is 43.6 Å². The molecule has 6 nitrogen and oxygen atoms in total. The van der Waals surface area contributed by atoms with E-state index in [0.717, 1.165) is 18.4 Å². The number of amides is 2. The average Bonchev–Trinajstić information content (AvgIpc) is 3.22. The minimum atomic E-state index is -0.285. The number of likely N-dealkylation sites (tertiary alicyclic amines) is 1. The smallest absolute Gasteiger partial charge is 0.242 e. The number of benzene rings is 1. The quantitative estimate of drug-likeness (QED) is 0.822. The van der Waals surface area contributed by atoms with E-state index < -0.39 is 0 Å². The van der Waals surface area contributed by atoms with Gasteiger partial charge in [0.15, 0.2) is 5.13 Å². The molecule has 0 aliphatic carbocycles. The van der Waals surface area contributed by atoms with Gasteiger partial charge in [-0.15, -0.1) is 11.3 Å². The Labute approximate surface area is 162 Å². The summed E-state index contributed by atoms with van der Waals surface area (Å²) >= 11 is 1.43. The summed E-state index contributed by atoms with van der Waals surface area (Å²) in [5.74, 6) is -0.310.